The van der Waals surface area contributed by atoms with Crippen molar-refractivity contribution in [2.45, 2.75) is 26.5 Å². The molecule has 2 rings (SSSR count). The summed E-state index contributed by atoms with van der Waals surface area (Å²) in [5, 5.41) is 5.35. The second-order valence-corrected chi connectivity index (χ2v) is 6.24. The van der Waals surface area contributed by atoms with E-state index >= 15 is 0 Å². The normalized spacial score (nSPS) is 12.5. The van der Waals surface area contributed by atoms with Gasteiger partial charge in [-0.2, -0.15) is 8.78 Å². The largest absolute Gasteiger partial charge is 0.432 e. The fraction of sp³-hybridized carbons (Fsp3) is 0.286. The Labute approximate surface area is 135 Å². The van der Waals surface area contributed by atoms with Crippen molar-refractivity contribution in [3.63, 3.8) is 0 Å². The molecule has 0 radical (unpaired) electrons. The predicted octanol–water partition coefficient (Wildman–Crippen LogP) is 6.14. The van der Waals surface area contributed by atoms with E-state index in [-0.39, 0.29) is 21.8 Å². The number of ether oxygens (including phenoxy) is 1. The van der Waals surface area contributed by atoms with Crippen LogP contribution in [-0.4, -0.2) is 6.61 Å². The Balaban J connectivity index is 2.20. The fourth-order valence-corrected chi connectivity index (χ4v) is 3.50. The Morgan fingerprint density at radius 3 is 2.33 bits per heavy atom. The Morgan fingerprint density at radius 2 is 1.86 bits per heavy atom. The van der Waals surface area contributed by atoms with Crippen LogP contribution < -0.4 is 10.1 Å². The summed E-state index contributed by atoms with van der Waals surface area (Å²) in [6.07, 6.45) is 0. The van der Waals surface area contributed by atoms with Crippen LogP contribution in [0.4, 0.5) is 14.5 Å². The smallest absolute Gasteiger partial charge is 0.387 e. The molecular weight excluding hydrogens is 339 g/mol. The number of benzene rings is 1. The van der Waals surface area contributed by atoms with Gasteiger partial charge in [-0.3, -0.25) is 0 Å². The minimum Gasteiger partial charge on any atom is -0.432 e. The highest BCUT2D eigenvalue weighted by molar-refractivity contribution is 7.10. The minimum absolute atomic E-state index is 0.0420. The highest BCUT2D eigenvalue weighted by Crippen LogP contribution is 2.38. The van der Waals surface area contributed by atoms with E-state index in [1.807, 2.05) is 25.3 Å². The first-order valence-electron chi connectivity index (χ1n) is 6.13. The molecule has 0 spiro atoms. The standard InChI is InChI=1S/C14H13Cl2F2NOS/c1-7-3-4-21-13(7)8(2)19-9-5-10(15)12(11(16)6-9)20-14(17)18/h3-6,8,14,19H,1-2H3. The molecule has 2 aromatic rings. The molecule has 114 valence electrons. The average molecular weight is 352 g/mol. The monoisotopic (exact) mass is 351 g/mol. The van der Waals surface area contributed by atoms with Crippen LogP contribution >= 0.6 is 34.5 Å². The van der Waals surface area contributed by atoms with Gasteiger partial charge in [0.05, 0.1) is 16.1 Å². The number of hydrogen-bond acceptors (Lipinski definition) is 3. The predicted molar refractivity (Wildman–Crippen MR) is 84.2 cm³/mol. The van der Waals surface area contributed by atoms with Gasteiger partial charge < -0.3 is 10.1 Å². The molecule has 1 atom stereocenters. The van der Waals surface area contributed by atoms with E-state index in [9.17, 15) is 8.78 Å². The number of nitrogens with one attached hydrogen (secondary N) is 1. The molecule has 7 heteroatoms. The first-order chi connectivity index (χ1) is 9.88. The zero-order valence-corrected chi connectivity index (χ0v) is 13.6. The van der Waals surface area contributed by atoms with Gasteiger partial charge in [0.2, 0.25) is 0 Å². The maximum atomic E-state index is 12.3. The molecule has 1 aromatic carbocycles. The maximum absolute atomic E-state index is 12.3. The number of anilines is 1. The third-order valence-electron chi connectivity index (χ3n) is 2.88. The van der Waals surface area contributed by atoms with Crippen molar-refractivity contribution < 1.29 is 13.5 Å². The molecule has 0 aliphatic rings. The lowest BCUT2D eigenvalue weighted by atomic mass is 10.2. The van der Waals surface area contributed by atoms with Crippen LogP contribution in [0.15, 0.2) is 23.6 Å². The van der Waals surface area contributed by atoms with E-state index < -0.39 is 6.61 Å². The van der Waals surface area contributed by atoms with Gasteiger partial charge in [0.15, 0.2) is 5.75 Å². The van der Waals surface area contributed by atoms with Crippen molar-refractivity contribution >= 4 is 40.2 Å². The molecule has 0 aliphatic heterocycles. The number of aryl methyl sites for hydroxylation is 1. The van der Waals surface area contributed by atoms with Gasteiger partial charge in [0.25, 0.3) is 0 Å². The summed E-state index contributed by atoms with van der Waals surface area (Å²) >= 11 is 13.5. The molecule has 0 amide bonds. The Morgan fingerprint density at radius 1 is 1.24 bits per heavy atom. The van der Waals surface area contributed by atoms with Crippen LogP contribution in [0.2, 0.25) is 10.0 Å². The van der Waals surface area contributed by atoms with Crippen LogP contribution in [0.25, 0.3) is 0 Å². The van der Waals surface area contributed by atoms with E-state index in [2.05, 4.69) is 10.1 Å². The molecule has 21 heavy (non-hydrogen) atoms. The first kappa shape index (κ1) is 16.3. The van der Waals surface area contributed by atoms with Crippen molar-refractivity contribution in [2.24, 2.45) is 0 Å². The van der Waals surface area contributed by atoms with E-state index in [1.54, 1.807) is 11.3 Å². The van der Waals surface area contributed by atoms with Gasteiger partial charge in [-0.1, -0.05) is 23.2 Å². The van der Waals surface area contributed by atoms with Crippen molar-refractivity contribution in [3.05, 3.63) is 44.1 Å². The van der Waals surface area contributed by atoms with Crippen molar-refractivity contribution in [1.29, 1.82) is 0 Å². The first-order valence-corrected chi connectivity index (χ1v) is 7.76. The zero-order chi connectivity index (χ0) is 15.6. The van der Waals surface area contributed by atoms with Crippen molar-refractivity contribution in [3.8, 4) is 5.75 Å². The Hall–Kier alpha value is -1.04. The SMILES string of the molecule is Cc1ccsc1C(C)Nc1cc(Cl)c(OC(F)F)c(Cl)c1. The van der Waals surface area contributed by atoms with Crippen LogP contribution in [0.3, 0.4) is 0 Å². The van der Waals surface area contributed by atoms with Gasteiger partial charge in [-0.15, -0.1) is 11.3 Å². The summed E-state index contributed by atoms with van der Waals surface area (Å²) in [5.74, 6) is -0.209. The third-order valence-corrected chi connectivity index (χ3v) is 4.65. The topological polar surface area (TPSA) is 21.3 Å². The molecule has 0 fully saturated rings. The molecule has 1 N–H and O–H groups in total. The molecular formula is C14H13Cl2F2NOS. The van der Waals surface area contributed by atoms with Gasteiger partial charge in [0, 0.05) is 10.6 Å². The molecule has 0 bridgehead atoms. The van der Waals surface area contributed by atoms with E-state index in [4.69, 9.17) is 23.2 Å². The molecule has 0 saturated heterocycles. The zero-order valence-electron chi connectivity index (χ0n) is 11.3. The number of alkyl halides is 2. The van der Waals surface area contributed by atoms with Crippen LogP contribution in [0.5, 0.6) is 5.75 Å². The second kappa shape index (κ2) is 6.81. The van der Waals surface area contributed by atoms with Crippen LogP contribution in [0, 0.1) is 6.92 Å². The summed E-state index contributed by atoms with van der Waals surface area (Å²) < 4.78 is 28.8. The number of hydrogen-bond donors (Lipinski definition) is 1. The molecule has 0 saturated carbocycles. The lowest BCUT2D eigenvalue weighted by molar-refractivity contribution is -0.0497. The van der Waals surface area contributed by atoms with E-state index in [1.165, 1.54) is 22.6 Å². The summed E-state index contributed by atoms with van der Waals surface area (Å²) in [5.41, 5.74) is 1.83. The number of rotatable bonds is 5. The van der Waals surface area contributed by atoms with E-state index in [0.717, 1.165) is 0 Å². The summed E-state index contributed by atoms with van der Waals surface area (Å²) in [4.78, 5) is 1.19. The van der Waals surface area contributed by atoms with Crippen molar-refractivity contribution in [2.75, 3.05) is 5.32 Å². The van der Waals surface area contributed by atoms with Gasteiger partial charge in [-0.05, 0) is 43.0 Å². The summed E-state index contributed by atoms with van der Waals surface area (Å²) in [6.45, 7) is 1.07. The highest BCUT2D eigenvalue weighted by atomic mass is 35.5. The molecule has 1 heterocycles. The minimum atomic E-state index is -2.97. The van der Waals surface area contributed by atoms with Crippen LogP contribution in [0.1, 0.15) is 23.4 Å². The van der Waals surface area contributed by atoms with E-state index in [0.29, 0.717) is 5.69 Å². The van der Waals surface area contributed by atoms with Gasteiger partial charge in [0.1, 0.15) is 0 Å². The van der Waals surface area contributed by atoms with Crippen LogP contribution in [-0.2, 0) is 0 Å². The average Bonchev–Trinajstić information content (AvgIpc) is 2.80. The fourth-order valence-electron chi connectivity index (χ4n) is 1.99. The van der Waals surface area contributed by atoms with Gasteiger partial charge >= 0.3 is 6.61 Å². The lowest BCUT2D eigenvalue weighted by Gasteiger charge is -2.17. The molecule has 2 nitrogen and oxygen atoms in total. The number of thiophene rings is 1. The lowest BCUT2D eigenvalue weighted by Crippen LogP contribution is -2.07. The summed E-state index contributed by atoms with van der Waals surface area (Å²) in [6, 6.07) is 5.13. The quantitative estimate of drug-likeness (QED) is 0.698. The molecule has 0 aliphatic carbocycles. The molecule has 1 aromatic heterocycles. The highest BCUT2D eigenvalue weighted by Gasteiger charge is 2.16. The molecule has 1 unspecified atom stereocenters. The third kappa shape index (κ3) is 3.99. The second-order valence-electron chi connectivity index (χ2n) is 4.48. The maximum Gasteiger partial charge on any atom is 0.387 e. The van der Waals surface area contributed by atoms with Crippen molar-refractivity contribution in [1.82, 2.24) is 0 Å². The number of halogens is 4. The van der Waals surface area contributed by atoms with Gasteiger partial charge in [-0.25, -0.2) is 0 Å². The Bertz CT molecular complexity index is 610. The summed E-state index contributed by atoms with van der Waals surface area (Å²) in [7, 11) is 0. The Kier molecular flexibility index (Phi) is 5.30.